The predicted octanol–water partition coefficient (Wildman–Crippen LogP) is 2.33. The standard InChI is InChI=1S/C12H18ClN3/c1-9-6-11(15-12(7-13)14-9)10-4-3-5-16(2)8-10/h6,10H,3-5,7-8H2,1-2H3. The van der Waals surface area contributed by atoms with Crippen molar-refractivity contribution >= 4 is 11.6 Å². The number of hydrogen-bond donors (Lipinski definition) is 0. The number of aromatic nitrogens is 2. The van der Waals surface area contributed by atoms with Crippen LogP contribution in [-0.4, -0.2) is 35.0 Å². The van der Waals surface area contributed by atoms with Crippen molar-refractivity contribution in [3.8, 4) is 0 Å². The van der Waals surface area contributed by atoms with Gasteiger partial charge in [-0.2, -0.15) is 0 Å². The largest absolute Gasteiger partial charge is 0.306 e. The summed E-state index contributed by atoms with van der Waals surface area (Å²) in [6.07, 6.45) is 2.48. The van der Waals surface area contributed by atoms with Gasteiger partial charge in [0.2, 0.25) is 0 Å². The maximum absolute atomic E-state index is 5.80. The molecule has 2 heterocycles. The Labute approximate surface area is 102 Å². The highest BCUT2D eigenvalue weighted by molar-refractivity contribution is 6.16. The molecule has 88 valence electrons. The average molecular weight is 240 g/mol. The highest BCUT2D eigenvalue weighted by Gasteiger charge is 2.20. The summed E-state index contributed by atoms with van der Waals surface area (Å²) >= 11 is 5.80. The number of alkyl halides is 1. The second-order valence-corrected chi connectivity index (χ2v) is 4.85. The third-order valence-electron chi connectivity index (χ3n) is 3.08. The van der Waals surface area contributed by atoms with E-state index in [2.05, 4.69) is 28.0 Å². The average Bonchev–Trinajstić information content (AvgIpc) is 2.28. The normalized spacial score (nSPS) is 22.3. The van der Waals surface area contributed by atoms with Crippen LogP contribution < -0.4 is 0 Å². The van der Waals surface area contributed by atoms with Gasteiger partial charge in [-0.3, -0.25) is 0 Å². The lowest BCUT2D eigenvalue weighted by Gasteiger charge is -2.29. The summed E-state index contributed by atoms with van der Waals surface area (Å²) in [4.78, 5) is 11.2. The molecule has 0 N–H and O–H groups in total. The molecule has 3 nitrogen and oxygen atoms in total. The Morgan fingerprint density at radius 1 is 1.50 bits per heavy atom. The minimum Gasteiger partial charge on any atom is -0.306 e. The van der Waals surface area contributed by atoms with Gasteiger partial charge in [0, 0.05) is 23.9 Å². The first-order chi connectivity index (χ1) is 7.69. The van der Waals surface area contributed by atoms with E-state index in [9.17, 15) is 0 Å². The Hall–Kier alpha value is -0.670. The Kier molecular flexibility index (Phi) is 3.77. The highest BCUT2D eigenvalue weighted by Crippen LogP contribution is 2.25. The summed E-state index contributed by atoms with van der Waals surface area (Å²) in [5.74, 6) is 1.70. The number of nitrogens with zero attached hydrogens (tertiary/aromatic N) is 3. The number of hydrogen-bond acceptors (Lipinski definition) is 3. The SMILES string of the molecule is Cc1cc(C2CCCN(C)C2)nc(CCl)n1. The van der Waals surface area contributed by atoms with Crippen molar-refractivity contribution in [3.63, 3.8) is 0 Å². The topological polar surface area (TPSA) is 29.0 Å². The third kappa shape index (κ3) is 2.71. The molecule has 1 aromatic rings. The number of likely N-dealkylation sites (tertiary alicyclic amines) is 1. The van der Waals surface area contributed by atoms with Crippen molar-refractivity contribution < 1.29 is 0 Å². The van der Waals surface area contributed by atoms with Crippen molar-refractivity contribution in [2.45, 2.75) is 31.6 Å². The van der Waals surface area contributed by atoms with Crippen LogP contribution in [0.2, 0.25) is 0 Å². The van der Waals surface area contributed by atoms with E-state index in [1.165, 1.54) is 19.4 Å². The van der Waals surface area contributed by atoms with Crippen molar-refractivity contribution in [2.24, 2.45) is 0 Å². The number of aryl methyl sites for hydroxylation is 1. The molecule has 1 saturated heterocycles. The maximum atomic E-state index is 5.80. The lowest BCUT2D eigenvalue weighted by molar-refractivity contribution is 0.248. The molecular weight excluding hydrogens is 222 g/mol. The molecular formula is C12H18ClN3. The molecule has 1 aromatic heterocycles. The zero-order valence-corrected chi connectivity index (χ0v) is 10.7. The van der Waals surface area contributed by atoms with Crippen LogP contribution in [0.15, 0.2) is 6.07 Å². The van der Waals surface area contributed by atoms with Gasteiger partial charge in [0.1, 0.15) is 5.82 Å². The third-order valence-corrected chi connectivity index (χ3v) is 3.32. The van der Waals surface area contributed by atoms with Crippen LogP contribution in [0.3, 0.4) is 0 Å². The zero-order chi connectivity index (χ0) is 11.5. The van der Waals surface area contributed by atoms with E-state index < -0.39 is 0 Å². The van der Waals surface area contributed by atoms with Gasteiger partial charge >= 0.3 is 0 Å². The van der Waals surface area contributed by atoms with Crippen molar-refractivity contribution in [1.82, 2.24) is 14.9 Å². The molecule has 0 saturated carbocycles. The van der Waals surface area contributed by atoms with Gasteiger partial charge < -0.3 is 4.90 Å². The lowest BCUT2D eigenvalue weighted by Crippen LogP contribution is -2.31. The number of halogens is 1. The number of likely N-dealkylation sites (N-methyl/N-ethyl adjacent to an activating group) is 1. The number of piperidine rings is 1. The summed E-state index contributed by atoms with van der Waals surface area (Å²) in [5.41, 5.74) is 2.18. The van der Waals surface area contributed by atoms with Crippen LogP contribution in [0, 0.1) is 6.92 Å². The summed E-state index contributed by atoms with van der Waals surface area (Å²) in [6.45, 7) is 4.30. The Morgan fingerprint density at radius 3 is 3.00 bits per heavy atom. The van der Waals surface area contributed by atoms with Crippen molar-refractivity contribution in [2.75, 3.05) is 20.1 Å². The first-order valence-electron chi connectivity index (χ1n) is 5.78. The Morgan fingerprint density at radius 2 is 2.31 bits per heavy atom. The van der Waals surface area contributed by atoms with Gasteiger partial charge in [-0.05, 0) is 39.4 Å². The molecule has 0 radical (unpaired) electrons. The lowest BCUT2D eigenvalue weighted by atomic mass is 9.94. The second-order valence-electron chi connectivity index (χ2n) is 4.59. The molecule has 1 unspecified atom stereocenters. The summed E-state index contributed by atoms with van der Waals surface area (Å²) in [7, 11) is 2.17. The van der Waals surface area contributed by atoms with E-state index in [0.29, 0.717) is 11.8 Å². The van der Waals surface area contributed by atoms with Crippen molar-refractivity contribution in [1.29, 1.82) is 0 Å². The van der Waals surface area contributed by atoms with Crippen LogP contribution in [0.4, 0.5) is 0 Å². The smallest absolute Gasteiger partial charge is 0.143 e. The molecule has 0 aliphatic carbocycles. The van der Waals surface area contributed by atoms with E-state index in [4.69, 9.17) is 11.6 Å². The molecule has 1 aliphatic heterocycles. The highest BCUT2D eigenvalue weighted by atomic mass is 35.5. The molecule has 0 spiro atoms. The van der Waals surface area contributed by atoms with Crippen LogP contribution in [0.1, 0.15) is 36.0 Å². The van der Waals surface area contributed by atoms with Gasteiger partial charge in [0.15, 0.2) is 0 Å². The maximum Gasteiger partial charge on any atom is 0.143 e. The summed E-state index contributed by atoms with van der Waals surface area (Å²) < 4.78 is 0. The molecule has 2 rings (SSSR count). The quantitative estimate of drug-likeness (QED) is 0.742. The van der Waals surface area contributed by atoms with Gasteiger partial charge in [-0.25, -0.2) is 9.97 Å². The van der Waals surface area contributed by atoms with Gasteiger partial charge in [-0.1, -0.05) is 0 Å². The molecule has 1 atom stereocenters. The first kappa shape index (κ1) is 11.8. The summed E-state index contributed by atoms with van der Waals surface area (Å²) in [6, 6.07) is 2.10. The van der Waals surface area contributed by atoms with E-state index in [-0.39, 0.29) is 0 Å². The molecule has 4 heteroatoms. The molecule has 1 aliphatic rings. The molecule has 1 fully saturated rings. The monoisotopic (exact) mass is 239 g/mol. The minimum atomic E-state index is 0.400. The molecule has 0 bridgehead atoms. The predicted molar refractivity (Wildman–Crippen MR) is 65.8 cm³/mol. The van der Waals surface area contributed by atoms with E-state index in [0.717, 1.165) is 23.8 Å². The molecule has 0 amide bonds. The van der Waals surface area contributed by atoms with Gasteiger partial charge in [0.05, 0.1) is 5.88 Å². The Balaban J connectivity index is 2.21. The van der Waals surface area contributed by atoms with E-state index in [1.807, 2.05) is 6.92 Å². The molecule has 16 heavy (non-hydrogen) atoms. The van der Waals surface area contributed by atoms with Crippen LogP contribution >= 0.6 is 11.6 Å². The van der Waals surface area contributed by atoms with E-state index in [1.54, 1.807) is 0 Å². The zero-order valence-electron chi connectivity index (χ0n) is 9.91. The van der Waals surface area contributed by atoms with Gasteiger partial charge in [0.25, 0.3) is 0 Å². The fourth-order valence-electron chi connectivity index (χ4n) is 2.33. The van der Waals surface area contributed by atoms with Crippen molar-refractivity contribution in [3.05, 3.63) is 23.3 Å². The summed E-state index contributed by atoms with van der Waals surface area (Å²) in [5, 5.41) is 0. The van der Waals surface area contributed by atoms with Crippen LogP contribution in [-0.2, 0) is 5.88 Å². The first-order valence-corrected chi connectivity index (χ1v) is 6.31. The number of rotatable bonds is 2. The fourth-order valence-corrected chi connectivity index (χ4v) is 2.45. The Bertz CT molecular complexity index is 367. The van der Waals surface area contributed by atoms with Gasteiger partial charge in [-0.15, -0.1) is 11.6 Å². The second kappa shape index (κ2) is 5.11. The van der Waals surface area contributed by atoms with Crippen LogP contribution in [0.25, 0.3) is 0 Å². The molecule has 0 aromatic carbocycles. The van der Waals surface area contributed by atoms with Crippen LogP contribution in [0.5, 0.6) is 0 Å². The minimum absolute atomic E-state index is 0.400. The fraction of sp³-hybridized carbons (Fsp3) is 0.667. The van der Waals surface area contributed by atoms with E-state index >= 15 is 0 Å².